The van der Waals surface area contributed by atoms with E-state index in [-0.39, 0.29) is 17.7 Å². The Morgan fingerprint density at radius 3 is 2.71 bits per heavy atom. The van der Waals surface area contributed by atoms with Gasteiger partial charge in [-0.05, 0) is 45.0 Å². The quantitative estimate of drug-likeness (QED) is 0.698. The minimum Gasteiger partial charge on any atom is -0.490 e. The third-order valence-electron chi connectivity index (χ3n) is 3.21. The number of aromatic nitrogens is 2. The molecule has 1 aromatic carbocycles. The first-order valence-corrected chi connectivity index (χ1v) is 8.07. The summed E-state index contributed by atoms with van der Waals surface area (Å²) in [7, 11) is 0. The number of aliphatic hydroxyl groups excluding tert-OH is 1. The van der Waals surface area contributed by atoms with Crippen LogP contribution in [-0.2, 0) is 0 Å². The van der Waals surface area contributed by atoms with E-state index < -0.39 is 11.9 Å². The molecule has 7 heteroatoms. The van der Waals surface area contributed by atoms with Crippen LogP contribution >= 0.6 is 12.2 Å². The summed E-state index contributed by atoms with van der Waals surface area (Å²) >= 11 is 4.95. The number of ether oxygens (including phenoxy) is 1. The predicted octanol–water partition coefficient (Wildman–Crippen LogP) is 3.07. The van der Waals surface area contributed by atoms with E-state index in [4.69, 9.17) is 17.0 Å². The molecule has 2 aromatic rings. The van der Waals surface area contributed by atoms with Crippen molar-refractivity contribution in [2.75, 3.05) is 13.2 Å². The molecular weight excluding hydrogens is 329 g/mol. The first-order chi connectivity index (χ1) is 11.3. The lowest BCUT2D eigenvalue weighted by atomic mass is 10.1. The van der Waals surface area contributed by atoms with E-state index in [0.29, 0.717) is 22.6 Å². The van der Waals surface area contributed by atoms with E-state index in [2.05, 4.69) is 15.5 Å². The van der Waals surface area contributed by atoms with E-state index >= 15 is 0 Å². The molecule has 5 nitrogen and oxygen atoms in total. The second-order valence-corrected chi connectivity index (χ2v) is 6.95. The fourth-order valence-electron chi connectivity index (χ4n) is 2.03. The summed E-state index contributed by atoms with van der Waals surface area (Å²) in [5.41, 5.74) is 0.523. The number of nitrogens with zero attached hydrogens (tertiary/aromatic N) is 1. The average Bonchev–Trinajstić information content (AvgIpc) is 2.51. The first-order valence-electron chi connectivity index (χ1n) is 7.67. The zero-order valence-corrected chi connectivity index (χ0v) is 14.8. The maximum Gasteiger partial charge on any atom is 0.136 e. The van der Waals surface area contributed by atoms with Crippen LogP contribution in [0.4, 0.5) is 4.39 Å². The third kappa shape index (κ3) is 5.36. The highest BCUT2D eigenvalue weighted by Gasteiger charge is 2.16. The van der Waals surface area contributed by atoms with Gasteiger partial charge < -0.3 is 15.2 Å². The van der Waals surface area contributed by atoms with E-state index in [9.17, 15) is 9.50 Å². The predicted molar refractivity (Wildman–Crippen MR) is 94.1 cm³/mol. The number of rotatable bonds is 6. The molecule has 1 unspecified atom stereocenters. The number of benzene rings is 1. The number of β-amino-alcohol motifs (C(OH)–C–C–N with tert-alkyl or cyclic N) is 1. The maximum atomic E-state index is 14.2. The molecular formula is C17H22FN3O2S. The van der Waals surface area contributed by atoms with Crippen molar-refractivity contribution in [3.63, 3.8) is 0 Å². The molecule has 0 amide bonds. The van der Waals surface area contributed by atoms with Crippen LogP contribution in [0.25, 0.3) is 11.3 Å². The van der Waals surface area contributed by atoms with Crippen molar-refractivity contribution in [1.29, 1.82) is 0 Å². The Morgan fingerprint density at radius 1 is 1.33 bits per heavy atom. The molecule has 0 aliphatic carbocycles. The van der Waals surface area contributed by atoms with Crippen molar-refractivity contribution in [2.45, 2.75) is 32.4 Å². The van der Waals surface area contributed by atoms with Gasteiger partial charge in [-0.2, -0.15) is 5.10 Å². The molecule has 3 N–H and O–H groups in total. The number of H-pyrrole nitrogens is 1. The highest BCUT2D eigenvalue weighted by molar-refractivity contribution is 7.71. The minimum atomic E-state index is -0.713. The lowest BCUT2D eigenvalue weighted by molar-refractivity contribution is 0.100. The standard InChI is InChI=1S/C17H22FN3O2S/c1-17(2,3)19-9-11(22)10-23-14-6-4-5-12(18)16(14)13-7-8-15(24)21-20-13/h4-8,11,19,22H,9-10H2,1-3H3,(H,21,24). The van der Waals surface area contributed by atoms with Gasteiger partial charge in [-0.3, -0.25) is 5.10 Å². The molecule has 0 aliphatic rings. The third-order valence-corrected chi connectivity index (χ3v) is 3.44. The summed E-state index contributed by atoms with van der Waals surface area (Å²) in [6.45, 7) is 6.45. The van der Waals surface area contributed by atoms with Crippen molar-refractivity contribution in [1.82, 2.24) is 15.5 Å². The molecule has 0 saturated carbocycles. The lowest BCUT2D eigenvalue weighted by Crippen LogP contribution is -2.42. The fourth-order valence-corrected chi connectivity index (χ4v) is 2.14. The van der Waals surface area contributed by atoms with Gasteiger partial charge in [0.2, 0.25) is 0 Å². The van der Waals surface area contributed by atoms with Gasteiger partial charge in [0, 0.05) is 12.1 Å². The van der Waals surface area contributed by atoms with E-state index in [1.54, 1.807) is 24.3 Å². The molecule has 0 fully saturated rings. The fraction of sp³-hybridized carbons (Fsp3) is 0.412. The van der Waals surface area contributed by atoms with Crippen molar-refractivity contribution < 1.29 is 14.2 Å². The zero-order valence-electron chi connectivity index (χ0n) is 14.0. The zero-order chi connectivity index (χ0) is 17.7. The Bertz CT molecular complexity index is 723. The maximum absolute atomic E-state index is 14.2. The van der Waals surface area contributed by atoms with E-state index in [1.807, 2.05) is 20.8 Å². The summed E-state index contributed by atoms with van der Waals surface area (Å²) < 4.78 is 20.3. The number of aromatic amines is 1. The SMILES string of the molecule is CC(C)(C)NCC(O)COc1cccc(F)c1-c1ccc(=S)[nH]n1. The van der Waals surface area contributed by atoms with Gasteiger partial charge in [0.25, 0.3) is 0 Å². The second kappa shape index (κ2) is 7.83. The second-order valence-electron chi connectivity index (χ2n) is 6.52. The van der Waals surface area contributed by atoms with Crippen LogP contribution in [0.3, 0.4) is 0 Å². The minimum absolute atomic E-state index is 0.0440. The van der Waals surface area contributed by atoms with Crippen LogP contribution in [-0.4, -0.2) is 40.1 Å². The van der Waals surface area contributed by atoms with Gasteiger partial charge in [-0.25, -0.2) is 4.39 Å². The normalized spacial score (nSPS) is 12.9. The van der Waals surface area contributed by atoms with Gasteiger partial charge in [-0.15, -0.1) is 0 Å². The monoisotopic (exact) mass is 351 g/mol. The molecule has 130 valence electrons. The molecule has 1 heterocycles. The van der Waals surface area contributed by atoms with Gasteiger partial charge in [0.15, 0.2) is 0 Å². The van der Waals surface area contributed by atoms with Crippen molar-refractivity contribution in [3.8, 4) is 17.0 Å². The Hall–Kier alpha value is -1.83. The first kappa shape index (κ1) is 18.5. The number of hydrogen-bond acceptors (Lipinski definition) is 5. The van der Waals surface area contributed by atoms with Gasteiger partial charge >= 0.3 is 0 Å². The van der Waals surface area contributed by atoms with Crippen LogP contribution in [0.5, 0.6) is 5.75 Å². The molecule has 24 heavy (non-hydrogen) atoms. The molecule has 2 rings (SSSR count). The van der Waals surface area contributed by atoms with Crippen LogP contribution in [0, 0.1) is 10.5 Å². The summed E-state index contributed by atoms with van der Waals surface area (Å²) in [6, 6.07) is 7.80. The molecule has 1 atom stereocenters. The molecule has 0 spiro atoms. The molecule has 0 radical (unpaired) electrons. The molecule has 1 aromatic heterocycles. The van der Waals surface area contributed by atoms with Crippen LogP contribution in [0.1, 0.15) is 20.8 Å². The molecule has 0 aliphatic heterocycles. The summed E-state index contributed by atoms with van der Waals surface area (Å²) in [6.07, 6.45) is -0.713. The summed E-state index contributed by atoms with van der Waals surface area (Å²) in [4.78, 5) is 0. The van der Waals surface area contributed by atoms with Crippen molar-refractivity contribution in [2.24, 2.45) is 0 Å². The van der Waals surface area contributed by atoms with Crippen LogP contribution in [0.2, 0.25) is 0 Å². The van der Waals surface area contributed by atoms with Crippen molar-refractivity contribution in [3.05, 3.63) is 40.8 Å². The number of halogens is 1. The van der Waals surface area contributed by atoms with Crippen molar-refractivity contribution >= 4 is 12.2 Å². The Morgan fingerprint density at radius 2 is 2.08 bits per heavy atom. The average molecular weight is 351 g/mol. The van der Waals surface area contributed by atoms with Crippen LogP contribution < -0.4 is 10.1 Å². The molecule has 0 bridgehead atoms. The number of nitrogens with one attached hydrogen (secondary N) is 2. The number of aliphatic hydroxyl groups is 1. The van der Waals surface area contributed by atoms with E-state index in [0.717, 1.165) is 0 Å². The van der Waals surface area contributed by atoms with Gasteiger partial charge in [0.05, 0.1) is 11.3 Å². The Balaban J connectivity index is 2.12. The smallest absolute Gasteiger partial charge is 0.136 e. The Labute approximate surface area is 145 Å². The molecule has 0 saturated heterocycles. The summed E-state index contributed by atoms with van der Waals surface area (Å²) in [5, 5.41) is 19.9. The van der Waals surface area contributed by atoms with E-state index in [1.165, 1.54) is 6.07 Å². The lowest BCUT2D eigenvalue weighted by Gasteiger charge is -2.23. The highest BCUT2D eigenvalue weighted by atomic mass is 32.1. The highest BCUT2D eigenvalue weighted by Crippen LogP contribution is 2.31. The van der Waals surface area contributed by atoms with Crippen LogP contribution in [0.15, 0.2) is 30.3 Å². The largest absolute Gasteiger partial charge is 0.490 e. The van der Waals surface area contributed by atoms with Gasteiger partial charge in [0.1, 0.15) is 28.9 Å². The number of hydrogen-bond donors (Lipinski definition) is 3. The van der Waals surface area contributed by atoms with Gasteiger partial charge in [-0.1, -0.05) is 18.3 Å². The topological polar surface area (TPSA) is 70.2 Å². The Kier molecular flexibility index (Phi) is 6.04. The summed E-state index contributed by atoms with van der Waals surface area (Å²) in [5.74, 6) is -0.129.